The highest BCUT2D eigenvalue weighted by Crippen LogP contribution is 2.28. The molecule has 1 aliphatic carbocycles. The summed E-state index contributed by atoms with van der Waals surface area (Å²) in [6.07, 6.45) is 6.45. The molecule has 1 aliphatic heterocycles. The molecule has 7 heteroatoms. The number of amides is 2. The third-order valence-corrected chi connectivity index (χ3v) is 6.31. The zero-order chi connectivity index (χ0) is 19.5. The number of likely N-dealkylation sites (tertiary alicyclic amines) is 1. The number of nitrogens with one attached hydrogen (secondary N) is 1. The van der Waals surface area contributed by atoms with Gasteiger partial charge in [0.1, 0.15) is 0 Å². The van der Waals surface area contributed by atoms with Crippen molar-refractivity contribution in [1.29, 1.82) is 0 Å². The zero-order valence-electron chi connectivity index (χ0n) is 16.2. The number of rotatable bonds is 6. The van der Waals surface area contributed by atoms with E-state index in [-0.39, 0.29) is 17.7 Å². The second-order valence-corrected chi connectivity index (χ2v) is 8.90. The summed E-state index contributed by atoms with van der Waals surface area (Å²) in [6.45, 7) is 4.19. The van der Waals surface area contributed by atoms with Gasteiger partial charge in [-0.05, 0) is 50.7 Å². The summed E-state index contributed by atoms with van der Waals surface area (Å²) in [5.41, 5.74) is 2.42. The van der Waals surface area contributed by atoms with Gasteiger partial charge in [-0.3, -0.25) is 14.6 Å². The fraction of sp³-hybridized carbons (Fsp3) is 0.524. The van der Waals surface area contributed by atoms with Crippen molar-refractivity contribution in [2.45, 2.75) is 44.9 Å². The van der Waals surface area contributed by atoms with Gasteiger partial charge in [-0.1, -0.05) is 0 Å². The molecule has 28 heavy (non-hydrogen) atoms. The molecule has 6 nitrogen and oxygen atoms in total. The Morgan fingerprint density at radius 1 is 1.29 bits per heavy atom. The molecule has 0 spiro atoms. The molecule has 148 valence electrons. The van der Waals surface area contributed by atoms with Crippen LogP contribution in [-0.2, 0) is 11.2 Å². The van der Waals surface area contributed by atoms with Crippen LogP contribution in [0.15, 0.2) is 23.7 Å². The third-order valence-electron chi connectivity index (χ3n) is 5.49. The summed E-state index contributed by atoms with van der Waals surface area (Å²) in [4.78, 5) is 35.7. The van der Waals surface area contributed by atoms with Gasteiger partial charge in [0.15, 0.2) is 0 Å². The van der Waals surface area contributed by atoms with Crippen LogP contribution in [0.25, 0.3) is 0 Å². The van der Waals surface area contributed by atoms with E-state index in [1.54, 1.807) is 17.5 Å². The molecule has 4 rings (SSSR count). The van der Waals surface area contributed by atoms with Crippen LogP contribution in [0.2, 0.25) is 0 Å². The van der Waals surface area contributed by atoms with Gasteiger partial charge in [0.05, 0.1) is 22.7 Å². The van der Waals surface area contributed by atoms with E-state index in [0.717, 1.165) is 42.3 Å². The van der Waals surface area contributed by atoms with E-state index in [0.29, 0.717) is 24.4 Å². The number of aryl methyl sites for hydroxylation is 1. The summed E-state index contributed by atoms with van der Waals surface area (Å²) in [7, 11) is 0. The van der Waals surface area contributed by atoms with Crippen molar-refractivity contribution in [3.8, 4) is 0 Å². The largest absolute Gasteiger partial charge is 0.352 e. The first-order chi connectivity index (χ1) is 13.6. The lowest BCUT2D eigenvalue weighted by Gasteiger charge is -2.32. The van der Waals surface area contributed by atoms with Crippen molar-refractivity contribution < 1.29 is 9.59 Å². The summed E-state index contributed by atoms with van der Waals surface area (Å²) in [6, 6.07) is 3.79. The minimum atomic E-state index is -0.0510. The van der Waals surface area contributed by atoms with Crippen molar-refractivity contribution in [2.24, 2.45) is 5.92 Å². The van der Waals surface area contributed by atoms with E-state index in [4.69, 9.17) is 0 Å². The maximum Gasteiger partial charge on any atom is 0.252 e. The maximum absolute atomic E-state index is 12.6. The molecular weight excluding hydrogens is 372 g/mol. The number of carbonyl (C=O) groups is 2. The maximum atomic E-state index is 12.6. The lowest BCUT2D eigenvalue weighted by atomic mass is 9.93. The van der Waals surface area contributed by atoms with Crippen molar-refractivity contribution in [2.75, 3.05) is 19.6 Å². The number of carbonyl (C=O) groups excluding carboxylic acids is 2. The first-order valence-corrected chi connectivity index (χ1v) is 10.9. The molecule has 1 saturated carbocycles. The van der Waals surface area contributed by atoms with E-state index in [1.807, 2.05) is 29.3 Å². The second-order valence-electron chi connectivity index (χ2n) is 7.84. The van der Waals surface area contributed by atoms with Gasteiger partial charge in [0.25, 0.3) is 5.91 Å². The summed E-state index contributed by atoms with van der Waals surface area (Å²) < 4.78 is 0. The molecule has 2 fully saturated rings. The highest BCUT2D eigenvalue weighted by molar-refractivity contribution is 7.09. The number of nitrogens with zero attached hydrogens (tertiary/aromatic N) is 3. The molecule has 2 aliphatic rings. The molecule has 3 heterocycles. The fourth-order valence-corrected chi connectivity index (χ4v) is 4.26. The van der Waals surface area contributed by atoms with Crippen LogP contribution in [0.4, 0.5) is 0 Å². The van der Waals surface area contributed by atoms with Crippen LogP contribution in [0.3, 0.4) is 0 Å². The minimum Gasteiger partial charge on any atom is -0.352 e. The van der Waals surface area contributed by atoms with Gasteiger partial charge < -0.3 is 10.2 Å². The molecule has 1 atom stereocenters. The summed E-state index contributed by atoms with van der Waals surface area (Å²) in [5.74, 6) is 0.963. The first kappa shape index (κ1) is 19.1. The first-order valence-electron chi connectivity index (χ1n) is 10.0. The van der Waals surface area contributed by atoms with E-state index in [1.165, 1.54) is 12.8 Å². The van der Waals surface area contributed by atoms with E-state index < -0.39 is 0 Å². The average Bonchev–Trinajstić information content (AvgIpc) is 3.47. The van der Waals surface area contributed by atoms with Gasteiger partial charge in [-0.15, -0.1) is 11.3 Å². The summed E-state index contributed by atoms with van der Waals surface area (Å²) >= 11 is 1.58. The molecule has 2 amide bonds. The van der Waals surface area contributed by atoms with Crippen molar-refractivity contribution >= 4 is 23.2 Å². The standard InChI is InChI=1S/C21H26N4O2S/c1-14-24-18(13-28-14)9-20(26)25-8-2-3-17(12-25)19-7-6-16(11-22-19)21(27)23-10-15-4-5-15/h6-7,11,13,15,17H,2-5,8-10,12H2,1H3,(H,23,27)/t17-/m0/s1. The van der Waals surface area contributed by atoms with Crippen molar-refractivity contribution in [3.05, 3.63) is 45.7 Å². The molecule has 0 aromatic carbocycles. The van der Waals surface area contributed by atoms with Crippen molar-refractivity contribution in [3.63, 3.8) is 0 Å². The van der Waals surface area contributed by atoms with Crippen LogP contribution in [0.5, 0.6) is 0 Å². The lowest BCUT2D eigenvalue weighted by molar-refractivity contribution is -0.131. The number of piperidine rings is 1. The van der Waals surface area contributed by atoms with Crippen LogP contribution in [-0.4, -0.2) is 46.3 Å². The van der Waals surface area contributed by atoms with Crippen molar-refractivity contribution in [1.82, 2.24) is 20.2 Å². The van der Waals surface area contributed by atoms with Gasteiger partial charge >= 0.3 is 0 Å². The van der Waals surface area contributed by atoms with E-state index >= 15 is 0 Å². The topological polar surface area (TPSA) is 75.2 Å². The van der Waals surface area contributed by atoms with Crippen LogP contribution < -0.4 is 5.32 Å². The molecular formula is C21H26N4O2S. The molecule has 2 aromatic rings. The molecule has 0 bridgehead atoms. The monoisotopic (exact) mass is 398 g/mol. The number of hydrogen-bond acceptors (Lipinski definition) is 5. The number of pyridine rings is 1. The lowest BCUT2D eigenvalue weighted by Crippen LogP contribution is -2.40. The Labute approximate surface area is 169 Å². The highest BCUT2D eigenvalue weighted by atomic mass is 32.1. The zero-order valence-corrected chi connectivity index (χ0v) is 17.0. The third kappa shape index (κ3) is 4.76. The predicted molar refractivity (Wildman–Crippen MR) is 108 cm³/mol. The predicted octanol–water partition coefficient (Wildman–Crippen LogP) is 2.94. The van der Waals surface area contributed by atoms with E-state index in [2.05, 4.69) is 15.3 Å². The van der Waals surface area contributed by atoms with Gasteiger partial charge in [0.2, 0.25) is 5.91 Å². The fourth-order valence-electron chi connectivity index (χ4n) is 3.64. The van der Waals surface area contributed by atoms with Gasteiger partial charge in [-0.25, -0.2) is 4.98 Å². The Hall–Kier alpha value is -2.28. The Balaban J connectivity index is 1.34. The summed E-state index contributed by atoms with van der Waals surface area (Å²) in [5, 5.41) is 5.92. The molecule has 0 radical (unpaired) electrons. The molecule has 1 N–H and O–H groups in total. The molecule has 2 aromatic heterocycles. The Morgan fingerprint density at radius 3 is 2.82 bits per heavy atom. The number of hydrogen-bond donors (Lipinski definition) is 1. The average molecular weight is 399 g/mol. The second kappa shape index (κ2) is 8.39. The number of aromatic nitrogens is 2. The quantitative estimate of drug-likeness (QED) is 0.812. The van der Waals surface area contributed by atoms with Crippen LogP contribution in [0, 0.1) is 12.8 Å². The Kier molecular flexibility index (Phi) is 5.71. The highest BCUT2D eigenvalue weighted by Gasteiger charge is 2.26. The molecule has 0 unspecified atom stereocenters. The normalized spacial score (nSPS) is 19.5. The molecule has 1 saturated heterocycles. The van der Waals surface area contributed by atoms with Crippen LogP contribution in [0.1, 0.15) is 58.4 Å². The SMILES string of the molecule is Cc1nc(CC(=O)N2CCC[C@H](c3ccc(C(=O)NCC4CC4)cn3)C2)cs1. The Bertz CT molecular complexity index is 844. The van der Waals surface area contributed by atoms with Gasteiger partial charge in [-0.2, -0.15) is 0 Å². The van der Waals surface area contributed by atoms with E-state index in [9.17, 15) is 9.59 Å². The number of thiazole rings is 1. The minimum absolute atomic E-state index is 0.0510. The smallest absolute Gasteiger partial charge is 0.252 e. The van der Waals surface area contributed by atoms with Crippen LogP contribution >= 0.6 is 11.3 Å². The Morgan fingerprint density at radius 2 is 2.14 bits per heavy atom. The van der Waals surface area contributed by atoms with Gasteiger partial charge in [0, 0.05) is 42.8 Å².